The molecule has 2 heterocycles. The average Bonchev–Trinajstić information content (AvgIpc) is 2.47. The number of aromatic amines is 1. The Labute approximate surface area is 89.1 Å². The Morgan fingerprint density at radius 3 is 2.64 bits per heavy atom. The van der Waals surface area contributed by atoms with Crippen LogP contribution in [0.15, 0.2) is 6.20 Å². The molecule has 0 saturated carbocycles. The van der Waals surface area contributed by atoms with Crippen LogP contribution in [0, 0.1) is 11.7 Å². The van der Waals surface area contributed by atoms with Gasteiger partial charge in [-0.15, -0.1) is 0 Å². The topological polar surface area (TPSA) is 29.9 Å². The predicted octanol–water partition coefficient (Wildman–Crippen LogP) is 2.38. The van der Waals surface area contributed by atoms with Gasteiger partial charge < -0.3 is 14.3 Å². The molecule has 0 amide bonds. The Balaban J connectivity index is 2.37. The van der Waals surface area contributed by atoms with Crippen molar-refractivity contribution in [1.29, 1.82) is 0 Å². The average molecular weight is 212 g/mol. The predicted molar refractivity (Wildman–Crippen MR) is 58.1 cm³/mol. The van der Waals surface area contributed by atoms with E-state index >= 15 is 0 Å². The lowest BCUT2D eigenvalue weighted by molar-refractivity contribution is 0.0289. The van der Waals surface area contributed by atoms with Gasteiger partial charge in [0.25, 0.3) is 0 Å². The third-order valence-corrected chi connectivity index (χ3v) is 3.30. The van der Waals surface area contributed by atoms with Crippen molar-refractivity contribution in [3.05, 3.63) is 16.7 Å². The number of rotatable bonds is 1. The molecule has 0 radical (unpaired) electrons. The molecule has 1 fully saturated rings. The Hall–Kier alpha value is -0.610. The summed E-state index contributed by atoms with van der Waals surface area (Å²) in [5.74, 6) is 0. The van der Waals surface area contributed by atoms with Crippen molar-refractivity contribution in [3.8, 4) is 0 Å². The van der Waals surface area contributed by atoms with Gasteiger partial charge in [0.1, 0.15) is 0 Å². The van der Waals surface area contributed by atoms with Crippen molar-refractivity contribution in [2.24, 2.45) is 0 Å². The highest BCUT2D eigenvalue weighted by Gasteiger charge is 2.29. The number of aryl methyl sites for hydroxylation is 1. The summed E-state index contributed by atoms with van der Waals surface area (Å²) < 4.78 is 8.38. The maximum absolute atomic E-state index is 5.38. The second kappa shape index (κ2) is 3.51. The fraction of sp³-hybridized carbons (Fsp3) is 0.700. The first-order valence-electron chi connectivity index (χ1n) is 4.98. The minimum atomic E-state index is 0.139. The zero-order valence-electron chi connectivity index (χ0n) is 8.67. The summed E-state index contributed by atoms with van der Waals surface area (Å²) >= 11 is 5.29. The summed E-state index contributed by atoms with van der Waals surface area (Å²) in [5, 5.41) is 0. The van der Waals surface area contributed by atoms with E-state index in [0.29, 0.717) is 0 Å². The van der Waals surface area contributed by atoms with Gasteiger partial charge in [-0.1, -0.05) is 0 Å². The number of nitrogens with zero attached hydrogens (tertiary/aromatic N) is 1. The molecule has 0 aromatic carbocycles. The van der Waals surface area contributed by atoms with Crippen LogP contribution in [0.2, 0.25) is 0 Å². The van der Waals surface area contributed by atoms with Gasteiger partial charge in [-0.05, 0) is 38.9 Å². The van der Waals surface area contributed by atoms with Gasteiger partial charge in [-0.25, -0.2) is 0 Å². The minimum Gasteiger partial charge on any atom is -0.381 e. The van der Waals surface area contributed by atoms with E-state index in [0.717, 1.165) is 36.5 Å². The molecular formula is C10H16N2OS. The number of nitrogens with one attached hydrogen (secondary N) is 1. The summed E-state index contributed by atoms with van der Waals surface area (Å²) in [4.78, 5) is 3.17. The van der Waals surface area contributed by atoms with E-state index in [9.17, 15) is 0 Å². The molecule has 1 saturated heterocycles. The van der Waals surface area contributed by atoms with Crippen molar-refractivity contribution >= 4 is 12.2 Å². The van der Waals surface area contributed by atoms with Crippen molar-refractivity contribution in [1.82, 2.24) is 9.55 Å². The van der Waals surface area contributed by atoms with E-state index in [1.54, 1.807) is 0 Å². The zero-order chi connectivity index (χ0) is 10.2. The molecule has 1 aromatic rings. The van der Waals surface area contributed by atoms with Crippen LogP contribution in [0.25, 0.3) is 0 Å². The third-order valence-electron chi connectivity index (χ3n) is 3.00. The number of H-pyrrole nitrogens is 1. The van der Waals surface area contributed by atoms with Gasteiger partial charge in [-0.3, -0.25) is 0 Å². The molecule has 0 bridgehead atoms. The quantitative estimate of drug-likeness (QED) is 0.724. The minimum absolute atomic E-state index is 0.139. The Morgan fingerprint density at radius 2 is 2.14 bits per heavy atom. The fourth-order valence-corrected chi connectivity index (χ4v) is 2.40. The van der Waals surface area contributed by atoms with Crippen LogP contribution in [0.1, 0.15) is 25.5 Å². The molecule has 1 aliphatic rings. The molecule has 0 spiro atoms. The summed E-state index contributed by atoms with van der Waals surface area (Å²) in [7, 11) is 0. The lowest BCUT2D eigenvalue weighted by Gasteiger charge is -2.34. The molecule has 0 atom stereocenters. The second-order valence-corrected chi connectivity index (χ2v) is 4.61. The molecule has 78 valence electrons. The Kier molecular flexibility index (Phi) is 2.49. The maximum Gasteiger partial charge on any atom is 0.177 e. The molecule has 0 unspecified atom stereocenters. The largest absolute Gasteiger partial charge is 0.381 e. The SMILES string of the molecule is Cc1cn(C2(C)CCOCC2)c(=S)[nH]1. The molecule has 1 N–H and O–H groups in total. The van der Waals surface area contributed by atoms with Crippen LogP contribution < -0.4 is 0 Å². The number of hydrogen-bond acceptors (Lipinski definition) is 2. The summed E-state index contributed by atoms with van der Waals surface area (Å²) in [6.07, 6.45) is 4.19. The highest BCUT2D eigenvalue weighted by Crippen LogP contribution is 2.28. The molecule has 4 heteroatoms. The van der Waals surface area contributed by atoms with E-state index in [4.69, 9.17) is 17.0 Å². The fourth-order valence-electron chi connectivity index (χ4n) is 1.97. The second-order valence-electron chi connectivity index (χ2n) is 4.22. The molecule has 14 heavy (non-hydrogen) atoms. The van der Waals surface area contributed by atoms with Gasteiger partial charge in [-0.2, -0.15) is 0 Å². The first-order chi connectivity index (χ1) is 6.62. The molecule has 2 rings (SSSR count). The summed E-state index contributed by atoms with van der Waals surface area (Å²) in [6.45, 7) is 5.96. The van der Waals surface area contributed by atoms with Crippen molar-refractivity contribution in [2.75, 3.05) is 13.2 Å². The van der Waals surface area contributed by atoms with Crippen LogP contribution in [-0.2, 0) is 10.3 Å². The summed E-state index contributed by atoms with van der Waals surface area (Å²) in [5.41, 5.74) is 1.27. The first-order valence-corrected chi connectivity index (χ1v) is 5.39. The molecular weight excluding hydrogens is 196 g/mol. The van der Waals surface area contributed by atoms with Gasteiger partial charge in [0, 0.05) is 30.6 Å². The van der Waals surface area contributed by atoms with Gasteiger partial charge in [0.2, 0.25) is 0 Å². The lowest BCUT2D eigenvalue weighted by atomic mass is 9.92. The first kappa shape index (κ1) is 9.93. The van der Waals surface area contributed by atoms with Crippen LogP contribution in [0.5, 0.6) is 0 Å². The Bertz CT molecular complexity index is 374. The number of ether oxygens (including phenoxy) is 1. The zero-order valence-corrected chi connectivity index (χ0v) is 9.49. The summed E-state index contributed by atoms with van der Waals surface area (Å²) in [6, 6.07) is 0. The van der Waals surface area contributed by atoms with Crippen LogP contribution in [0.4, 0.5) is 0 Å². The van der Waals surface area contributed by atoms with E-state index in [-0.39, 0.29) is 5.54 Å². The van der Waals surface area contributed by atoms with Gasteiger partial charge in [0.05, 0.1) is 0 Å². The van der Waals surface area contributed by atoms with Crippen LogP contribution in [0.3, 0.4) is 0 Å². The molecule has 1 aromatic heterocycles. The third kappa shape index (κ3) is 1.64. The van der Waals surface area contributed by atoms with Crippen LogP contribution in [-0.4, -0.2) is 22.8 Å². The van der Waals surface area contributed by atoms with E-state index in [1.165, 1.54) is 0 Å². The smallest absolute Gasteiger partial charge is 0.177 e. The van der Waals surface area contributed by atoms with E-state index in [1.807, 2.05) is 6.92 Å². The molecule has 1 aliphatic heterocycles. The molecule has 3 nitrogen and oxygen atoms in total. The number of hydrogen-bond donors (Lipinski definition) is 1. The number of imidazole rings is 1. The molecule has 0 aliphatic carbocycles. The monoisotopic (exact) mass is 212 g/mol. The lowest BCUT2D eigenvalue weighted by Crippen LogP contribution is -2.36. The van der Waals surface area contributed by atoms with Crippen molar-refractivity contribution < 1.29 is 4.74 Å². The van der Waals surface area contributed by atoms with Gasteiger partial charge >= 0.3 is 0 Å². The van der Waals surface area contributed by atoms with Crippen LogP contribution >= 0.6 is 12.2 Å². The van der Waals surface area contributed by atoms with Crippen molar-refractivity contribution in [2.45, 2.75) is 32.2 Å². The number of aromatic nitrogens is 2. The van der Waals surface area contributed by atoms with Crippen molar-refractivity contribution in [3.63, 3.8) is 0 Å². The maximum atomic E-state index is 5.38. The van der Waals surface area contributed by atoms with E-state index in [2.05, 4.69) is 22.7 Å². The Morgan fingerprint density at radius 1 is 1.50 bits per heavy atom. The highest BCUT2D eigenvalue weighted by atomic mass is 32.1. The standard InChI is InChI=1S/C10H16N2OS/c1-8-7-12(9(14)11-8)10(2)3-5-13-6-4-10/h7H,3-6H2,1-2H3,(H,11,14). The van der Waals surface area contributed by atoms with E-state index < -0.39 is 0 Å². The normalized spacial score (nSPS) is 21.0. The highest BCUT2D eigenvalue weighted by molar-refractivity contribution is 7.71. The van der Waals surface area contributed by atoms with Gasteiger partial charge in [0.15, 0.2) is 4.77 Å².